The SMILES string of the molecule is CCCCCCC/C=C/C=C/C=C/CCCCCC(CC(=O)NC(CO)C(O)CCCCCCCCCCCCCCC)OC(=O)CC/C=C/C/C=C\CCCCCCCC. The first-order valence-electron chi connectivity index (χ1n) is 26.0. The van der Waals surface area contributed by atoms with Crippen molar-refractivity contribution in [3.8, 4) is 0 Å². The number of amides is 1. The first kappa shape index (κ1) is 58.6. The lowest BCUT2D eigenvalue weighted by molar-refractivity contribution is -0.150. The smallest absolute Gasteiger partial charge is 0.306 e. The number of aliphatic hydroxyl groups excluding tert-OH is 2. The van der Waals surface area contributed by atoms with E-state index >= 15 is 0 Å². The number of esters is 1. The third kappa shape index (κ3) is 44.0. The number of hydrogen-bond acceptors (Lipinski definition) is 5. The van der Waals surface area contributed by atoms with Gasteiger partial charge in [-0.05, 0) is 70.6 Å². The van der Waals surface area contributed by atoms with E-state index in [1.807, 2.05) is 6.08 Å². The van der Waals surface area contributed by atoms with Crippen LogP contribution in [0.1, 0.15) is 252 Å². The van der Waals surface area contributed by atoms with Crippen LogP contribution in [0.4, 0.5) is 0 Å². The molecule has 0 fully saturated rings. The maximum atomic E-state index is 13.2. The number of hydrogen-bond donors (Lipinski definition) is 3. The van der Waals surface area contributed by atoms with Crippen LogP contribution in [-0.4, -0.2) is 46.9 Å². The second kappa shape index (κ2) is 48.6. The number of aliphatic hydroxyl groups is 2. The van der Waals surface area contributed by atoms with Gasteiger partial charge in [-0.25, -0.2) is 0 Å². The van der Waals surface area contributed by atoms with E-state index in [1.165, 1.54) is 135 Å². The van der Waals surface area contributed by atoms with Crippen LogP contribution in [-0.2, 0) is 14.3 Å². The van der Waals surface area contributed by atoms with Gasteiger partial charge in [0.15, 0.2) is 0 Å². The number of nitrogens with one attached hydrogen (secondary N) is 1. The summed E-state index contributed by atoms with van der Waals surface area (Å²) in [6.07, 6.45) is 60.0. The van der Waals surface area contributed by atoms with Crippen molar-refractivity contribution in [2.24, 2.45) is 0 Å². The highest BCUT2D eigenvalue weighted by Gasteiger charge is 2.24. The van der Waals surface area contributed by atoms with Crippen LogP contribution < -0.4 is 5.32 Å². The summed E-state index contributed by atoms with van der Waals surface area (Å²) in [6.45, 7) is 6.44. The number of allylic oxidation sites excluding steroid dienone is 10. The second-order valence-electron chi connectivity index (χ2n) is 17.6. The standard InChI is InChI=1S/C55H99NO5/c1-4-7-10-13-16-19-22-25-26-27-30-31-34-37-40-43-46-51(61-55(60)48-45-42-39-36-33-29-24-21-18-15-12-9-6-3)49-54(59)56-52(50-57)53(58)47-44-41-38-35-32-28-23-20-17-14-11-8-5-2/h22,25-27,29-31,33,39,42,51-53,57-58H,4-21,23-24,28,32,34-38,40-41,43-50H2,1-3H3,(H,56,59)/b25-22+,27-26+,31-30+,33-29-,42-39+. The zero-order valence-electron chi connectivity index (χ0n) is 40.3. The summed E-state index contributed by atoms with van der Waals surface area (Å²) in [5.74, 6) is -0.586. The number of carbonyl (C=O) groups is 2. The van der Waals surface area contributed by atoms with Crippen molar-refractivity contribution in [3.05, 3.63) is 60.8 Å². The summed E-state index contributed by atoms with van der Waals surface area (Å²) in [5.41, 5.74) is 0. The van der Waals surface area contributed by atoms with Gasteiger partial charge in [-0.1, -0.05) is 229 Å². The van der Waals surface area contributed by atoms with Crippen LogP contribution in [0.15, 0.2) is 60.8 Å². The van der Waals surface area contributed by atoms with Crippen molar-refractivity contribution < 1.29 is 24.5 Å². The van der Waals surface area contributed by atoms with Gasteiger partial charge in [0, 0.05) is 6.42 Å². The highest BCUT2D eigenvalue weighted by atomic mass is 16.5. The molecule has 6 heteroatoms. The van der Waals surface area contributed by atoms with Crippen LogP contribution in [0.5, 0.6) is 0 Å². The van der Waals surface area contributed by atoms with E-state index in [1.54, 1.807) is 0 Å². The maximum Gasteiger partial charge on any atom is 0.306 e. The molecule has 3 unspecified atom stereocenters. The largest absolute Gasteiger partial charge is 0.462 e. The van der Waals surface area contributed by atoms with Gasteiger partial charge in [0.1, 0.15) is 6.10 Å². The Morgan fingerprint density at radius 2 is 0.902 bits per heavy atom. The lowest BCUT2D eigenvalue weighted by atomic mass is 10.0. The molecule has 0 saturated heterocycles. The Hall–Kier alpha value is -2.44. The molecule has 61 heavy (non-hydrogen) atoms. The zero-order valence-corrected chi connectivity index (χ0v) is 40.3. The third-order valence-electron chi connectivity index (χ3n) is 11.6. The molecule has 0 bridgehead atoms. The van der Waals surface area contributed by atoms with Gasteiger partial charge >= 0.3 is 5.97 Å². The molecule has 0 saturated carbocycles. The van der Waals surface area contributed by atoms with Crippen LogP contribution in [0, 0.1) is 0 Å². The van der Waals surface area contributed by atoms with Crippen LogP contribution in [0.2, 0.25) is 0 Å². The summed E-state index contributed by atoms with van der Waals surface area (Å²) >= 11 is 0. The topological polar surface area (TPSA) is 95.9 Å². The minimum Gasteiger partial charge on any atom is -0.462 e. The van der Waals surface area contributed by atoms with Gasteiger partial charge in [-0.15, -0.1) is 0 Å². The predicted molar refractivity (Wildman–Crippen MR) is 264 cm³/mol. The Morgan fingerprint density at radius 3 is 1.39 bits per heavy atom. The van der Waals surface area contributed by atoms with Crippen LogP contribution in [0.25, 0.3) is 0 Å². The molecule has 3 N–H and O–H groups in total. The average Bonchev–Trinajstić information content (AvgIpc) is 3.25. The van der Waals surface area contributed by atoms with Gasteiger partial charge in [0.2, 0.25) is 5.91 Å². The molecule has 0 aromatic heterocycles. The first-order valence-corrected chi connectivity index (χ1v) is 26.0. The lowest BCUT2D eigenvalue weighted by Crippen LogP contribution is -2.46. The monoisotopic (exact) mass is 854 g/mol. The summed E-state index contributed by atoms with van der Waals surface area (Å²) in [6, 6.07) is -0.724. The van der Waals surface area contributed by atoms with Crippen molar-refractivity contribution >= 4 is 11.9 Å². The van der Waals surface area contributed by atoms with Crippen LogP contribution >= 0.6 is 0 Å². The average molecular weight is 854 g/mol. The highest BCUT2D eigenvalue weighted by Crippen LogP contribution is 2.17. The molecule has 0 aliphatic heterocycles. The van der Waals surface area contributed by atoms with E-state index in [0.29, 0.717) is 19.3 Å². The fraction of sp³-hybridized carbons (Fsp3) is 0.782. The molecule has 0 spiro atoms. The normalized spacial score (nSPS) is 13.7. The summed E-state index contributed by atoms with van der Waals surface area (Å²) in [4.78, 5) is 26.1. The summed E-state index contributed by atoms with van der Waals surface area (Å²) < 4.78 is 5.88. The van der Waals surface area contributed by atoms with Gasteiger partial charge in [0.05, 0.1) is 25.2 Å². The third-order valence-corrected chi connectivity index (χ3v) is 11.6. The van der Waals surface area contributed by atoms with Crippen molar-refractivity contribution in [2.75, 3.05) is 6.61 Å². The Kier molecular flexibility index (Phi) is 46.6. The van der Waals surface area contributed by atoms with Gasteiger partial charge in [-0.3, -0.25) is 9.59 Å². The van der Waals surface area contributed by atoms with Crippen molar-refractivity contribution in [3.63, 3.8) is 0 Å². The summed E-state index contributed by atoms with van der Waals surface area (Å²) in [7, 11) is 0. The van der Waals surface area contributed by atoms with Gasteiger partial charge < -0.3 is 20.3 Å². The number of carbonyl (C=O) groups excluding carboxylic acids is 2. The van der Waals surface area contributed by atoms with Crippen molar-refractivity contribution in [1.82, 2.24) is 5.32 Å². The lowest BCUT2D eigenvalue weighted by Gasteiger charge is -2.24. The Bertz CT molecular complexity index is 1090. The molecular formula is C55H99NO5. The van der Waals surface area contributed by atoms with E-state index in [0.717, 1.165) is 64.2 Å². The molecule has 6 nitrogen and oxygen atoms in total. The second-order valence-corrected chi connectivity index (χ2v) is 17.6. The molecule has 0 aliphatic carbocycles. The number of ether oxygens (including phenoxy) is 1. The molecule has 0 aromatic rings. The molecule has 1 amide bonds. The van der Waals surface area contributed by atoms with E-state index in [4.69, 9.17) is 4.74 Å². The number of unbranched alkanes of at least 4 members (excludes halogenated alkanes) is 26. The molecule has 0 heterocycles. The minimum absolute atomic E-state index is 0.0316. The Labute approximate surface area is 378 Å². The van der Waals surface area contributed by atoms with E-state index in [-0.39, 0.29) is 31.3 Å². The van der Waals surface area contributed by atoms with Crippen molar-refractivity contribution in [2.45, 2.75) is 270 Å². The fourth-order valence-corrected chi connectivity index (χ4v) is 7.66. The molecule has 0 aliphatic rings. The van der Waals surface area contributed by atoms with Gasteiger partial charge in [0.25, 0.3) is 0 Å². The Morgan fingerprint density at radius 1 is 0.492 bits per heavy atom. The maximum absolute atomic E-state index is 13.2. The molecule has 354 valence electrons. The molecule has 0 radical (unpaired) electrons. The van der Waals surface area contributed by atoms with Gasteiger partial charge in [-0.2, -0.15) is 0 Å². The van der Waals surface area contributed by atoms with E-state index in [9.17, 15) is 19.8 Å². The first-order chi connectivity index (χ1) is 30.0. The molecule has 3 atom stereocenters. The van der Waals surface area contributed by atoms with E-state index < -0.39 is 18.2 Å². The number of rotatable bonds is 46. The minimum atomic E-state index is -0.806. The predicted octanol–water partition coefficient (Wildman–Crippen LogP) is 15.6. The van der Waals surface area contributed by atoms with Crippen molar-refractivity contribution in [1.29, 1.82) is 0 Å². The molecule has 0 rings (SSSR count). The van der Waals surface area contributed by atoms with E-state index in [2.05, 4.69) is 80.8 Å². The quantitative estimate of drug-likeness (QED) is 0.0245. The Balaban J connectivity index is 4.73. The summed E-state index contributed by atoms with van der Waals surface area (Å²) in [5, 5.41) is 23.7. The molecule has 0 aromatic carbocycles. The van der Waals surface area contributed by atoms with Crippen LogP contribution in [0.3, 0.4) is 0 Å². The fourth-order valence-electron chi connectivity index (χ4n) is 7.66. The molecular weight excluding hydrogens is 755 g/mol. The zero-order chi connectivity index (χ0) is 44.5. The highest BCUT2D eigenvalue weighted by molar-refractivity contribution is 5.77.